The van der Waals surface area contributed by atoms with E-state index in [1.807, 2.05) is 60.7 Å². The van der Waals surface area contributed by atoms with Crippen molar-refractivity contribution in [2.75, 3.05) is 12.5 Å². The average molecular weight is 330 g/mol. The smallest absolute Gasteiger partial charge is 0.231 e. The zero-order valence-electron chi connectivity index (χ0n) is 13.2. The Morgan fingerprint density at radius 2 is 1.68 bits per heavy atom. The number of rotatable bonds is 2. The van der Waals surface area contributed by atoms with Crippen molar-refractivity contribution >= 4 is 11.5 Å². The van der Waals surface area contributed by atoms with Crippen LogP contribution in [0.15, 0.2) is 60.7 Å². The minimum absolute atomic E-state index is 0.255. The van der Waals surface area contributed by atoms with Gasteiger partial charge in [-0.1, -0.05) is 36.4 Å². The van der Waals surface area contributed by atoms with E-state index in [-0.39, 0.29) is 6.79 Å². The second-order valence-electron chi connectivity index (χ2n) is 5.81. The maximum atomic E-state index is 6.20. The highest BCUT2D eigenvalue weighted by Gasteiger charge is 2.15. The average Bonchev–Trinajstić information content (AvgIpc) is 3.28. The zero-order chi connectivity index (χ0) is 16.8. The van der Waals surface area contributed by atoms with E-state index >= 15 is 0 Å². The minimum Gasteiger partial charge on any atom is -0.454 e. The lowest BCUT2D eigenvalue weighted by Crippen LogP contribution is -1.99. The number of pyridine rings is 1. The van der Waals surface area contributed by atoms with E-state index in [1.165, 1.54) is 0 Å². The normalized spacial score (nSPS) is 12.6. The Morgan fingerprint density at radius 1 is 0.840 bits per heavy atom. The maximum absolute atomic E-state index is 6.20. The summed E-state index contributed by atoms with van der Waals surface area (Å²) in [5.41, 5.74) is 9.80. The van der Waals surface area contributed by atoms with Crippen LogP contribution in [-0.2, 0) is 0 Å². The fourth-order valence-electron chi connectivity index (χ4n) is 2.96. The van der Waals surface area contributed by atoms with Crippen LogP contribution in [0.4, 0.5) is 5.82 Å². The second kappa shape index (κ2) is 5.24. The van der Waals surface area contributed by atoms with Gasteiger partial charge in [0.1, 0.15) is 5.82 Å². The molecule has 122 valence electrons. The van der Waals surface area contributed by atoms with E-state index in [0.717, 1.165) is 28.2 Å². The van der Waals surface area contributed by atoms with Crippen LogP contribution >= 0.6 is 0 Å². The highest BCUT2D eigenvalue weighted by molar-refractivity contribution is 5.74. The Morgan fingerprint density at radius 3 is 2.56 bits per heavy atom. The van der Waals surface area contributed by atoms with Crippen molar-refractivity contribution in [1.29, 1.82) is 0 Å². The van der Waals surface area contributed by atoms with E-state index in [9.17, 15) is 0 Å². The number of nitrogens with zero attached hydrogens (tertiary/aromatic N) is 3. The number of hydrogen-bond donors (Lipinski definition) is 1. The van der Waals surface area contributed by atoms with Crippen molar-refractivity contribution in [3.8, 4) is 34.0 Å². The molecule has 6 nitrogen and oxygen atoms in total. The molecule has 25 heavy (non-hydrogen) atoms. The van der Waals surface area contributed by atoms with Gasteiger partial charge in [0.2, 0.25) is 6.79 Å². The third-order valence-corrected chi connectivity index (χ3v) is 4.20. The van der Waals surface area contributed by atoms with Crippen LogP contribution in [0.25, 0.3) is 28.2 Å². The number of fused-ring (bicyclic) bond motifs is 2. The maximum Gasteiger partial charge on any atom is 0.231 e. The summed E-state index contributed by atoms with van der Waals surface area (Å²) in [5.74, 6) is 2.67. The van der Waals surface area contributed by atoms with Gasteiger partial charge >= 0.3 is 0 Å². The Kier molecular flexibility index (Phi) is 2.90. The second-order valence-corrected chi connectivity index (χ2v) is 5.81. The lowest BCUT2D eigenvalue weighted by molar-refractivity contribution is 0.174. The summed E-state index contributed by atoms with van der Waals surface area (Å²) in [5, 5.41) is 4.51. The van der Waals surface area contributed by atoms with Gasteiger partial charge in [-0.2, -0.15) is 4.52 Å². The zero-order valence-corrected chi connectivity index (χ0v) is 13.2. The number of ether oxygens (including phenoxy) is 2. The Balaban J connectivity index is 1.63. The molecule has 0 aliphatic carbocycles. The highest BCUT2D eigenvalue weighted by Crippen LogP contribution is 2.36. The molecule has 2 N–H and O–H groups in total. The number of benzene rings is 2. The van der Waals surface area contributed by atoms with E-state index in [1.54, 1.807) is 4.52 Å². The molecule has 0 spiro atoms. The van der Waals surface area contributed by atoms with Gasteiger partial charge in [-0.25, -0.2) is 4.98 Å². The molecular formula is C19H14N4O2. The first-order valence-corrected chi connectivity index (χ1v) is 7.90. The van der Waals surface area contributed by atoms with Crippen LogP contribution in [0.1, 0.15) is 0 Å². The molecule has 1 aliphatic heterocycles. The number of nitrogens with two attached hydrogens (primary N) is 1. The number of hydrogen-bond acceptors (Lipinski definition) is 5. The fourth-order valence-corrected chi connectivity index (χ4v) is 2.96. The summed E-state index contributed by atoms with van der Waals surface area (Å²) >= 11 is 0. The van der Waals surface area contributed by atoms with Gasteiger partial charge in [0.25, 0.3) is 0 Å². The summed E-state index contributed by atoms with van der Waals surface area (Å²) in [6, 6.07) is 19.5. The molecule has 2 aromatic carbocycles. The van der Waals surface area contributed by atoms with E-state index < -0.39 is 0 Å². The first-order chi connectivity index (χ1) is 12.3. The van der Waals surface area contributed by atoms with Crippen LogP contribution in [0.5, 0.6) is 11.5 Å². The molecule has 5 rings (SSSR count). The van der Waals surface area contributed by atoms with Gasteiger partial charge in [-0.05, 0) is 35.4 Å². The summed E-state index contributed by atoms with van der Waals surface area (Å²) in [4.78, 5) is 4.62. The molecule has 0 saturated heterocycles. The fraction of sp³-hybridized carbons (Fsp3) is 0.0526. The van der Waals surface area contributed by atoms with Crippen molar-refractivity contribution in [1.82, 2.24) is 14.6 Å². The molecule has 0 fully saturated rings. The quantitative estimate of drug-likeness (QED) is 0.610. The molecule has 2 aromatic heterocycles. The SMILES string of the molecule is Nc1cc(-c2ccc3c(c2)OCO3)cc2nc(-c3ccccc3)nn12. The number of aromatic nitrogens is 3. The van der Waals surface area contributed by atoms with Gasteiger partial charge in [0.15, 0.2) is 23.0 Å². The van der Waals surface area contributed by atoms with E-state index in [2.05, 4.69) is 10.1 Å². The largest absolute Gasteiger partial charge is 0.454 e. The first kappa shape index (κ1) is 13.9. The third-order valence-electron chi connectivity index (χ3n) is 4.20. The van der Waals surface area contributed by atoms with Crippen molar-refractivity contribution in [2.24, 2.45) is 0 Å². The van der Waals surface area contributed by atoms with Crippen molar-refractivity contribution in [3.05, 3.63) is 60.7 Å². The lowest BCUT2D eigenvalue weighted by Gasteiger charge is -2.05. The summed E-state index contributed by atoms with van der Waals surface area (Å²) in [6.45, 7) is 0.255. The van der Waals surface area contributed by atoms with E-state index in [4.69, 9.17) is 15.2 Å². The lowest BCUT2D eigenvalue weighted by atomic mass is 10.1. The molecular weight excluding hydrogens is 316 g/mol. The molecule has 6 heteroatoms. The highest BCUT2D eigenvalue weighted by atomic mass is 16.7. The van der Waals surface area contributed by atoms with Crippen molar-refractivity contribution in [2.45, 2.75) is 0 Å². The molecule has 1 aliphatic rings. The molecule has 0 atom stereocenters. The molecule has 0 amide bonds. The van der Waals surface area contributed by atoms with Gasteiger partial charge in [0, 0.05) is 5.56 Å². The summed E-state index contributed by atoms with van der Waals surface area (Å²) in [6.07, 6.45) is 0. The third kappa shape index (κ3) is 2.27. The molecule has 0 bridgehead atoms. The van der Waals surface area contributed by atoms with Crippen molar-refractivity contribution in [3.63, 3.8) is 0 Å². The van der Waals surface area contributed by atoms with Crippen LogP contribution in [0.2, 0.25) is 0 Å². The minimum atomic E-state index is 0.255. The van der Waals surface area contributed by atoms with Gasteiger partial charge in [-0.15, -0.1) is 5.10 Å². The topological polar surface area (TPSA) is 74.7 Å². The Bertz CT molecular complexity index is 1090. The Labute approximate surface area is 143 Å². The first-order valence-electron chi connectivity index (χ1n) is 7.90. The van der Waals surface area contributed by atoms with Crippen LogP contribution in [0.3, 0.4) is 0 Å². The molecule has 4 aromatic rings. The van der Waals surface area contributed by atoms with Gasteiger partial charge in [0.05, 0.1) is 0 Å². The molecule has 0 saturated carbocycles. The number of anilines is 1. The van der Waals surface area contributed by atoms with Gasteiger partial charge in [-0.3, -0.25) is 0 Å². The monoisotopic (exact) mass is 330 g/mol. The molecule has 0 unspecified atom stereocenters. The van der Waals surface area contributed by atoms with Crippen LogP contribution < -0.4 is 15.2 Å². The van der Waals surface area contributed by atoms with E-state index in [0.29, 0.717) is 17.3 Å². The van der Waals surface area contributed by atoms with Crippen LogP contribution in [0, 0.1) is 0 Å². The summed E-state index contributed by atoms with van der Waals surface area (Å²) < 4.78 is 12.5. The van der Waals surface area contributed by atoms with Gasteiger partial charge < -0.3 is 15.2 Å². The van der Waals surface area contributed by atoms with Crippen LogP contribution in [-0.4, -0.2) is 21.4 Å². The summed E-state index contributed by atoms with van der Waals surface area (Å²) in [7, 11) is 0. The molecule has 3 heterocycles. The Hall–Kier alpha value is -3.54. The molecule has 0 radical (unpaired) electrons. The standard InChI is InChI=1S/C19H14N4O2/c20-17-9-14(13-6-7-15-16(8-13)25-11-24-15)10-18-21-19(22-23(17)18)12-4-2-1-3-5-12/h1-10H,11,20H2. The number of nitrogen functional groups attached to an aromatic ring is 1. The predicted molar refractivity (Wildman–Crippen MR) is 94.4 cm³/mol. The van der Waals surface area contributed by atoms with Crippen molar-refractivity contribution < 1.29 is 9.47 Å². The predicted octanol–water partition coefficient (Wildman–Crippen LogP) is 3.37.